The minimum absolute atomic E-state index is 0.135. The van der Waals surface area contributed by atoms with Crippen LogP contribution in [0.4, 0.5) is 10.5 Å². The van der Waals surface area contributed by atoms with Gasteiger partial charge in [0.25, 0.3) is 0 Å². The van der Waals surface area contributed by atoms with Crippen LogP contribution in [0.2, 0.25) is 0 Å². The van der Waals surface area contributed by atoms with Crippen LogP contribution in [0, 0.1) is 5.92 Å². The molecular weight excluding hydrogens is 403 g/mol. The summed E-state index contributed by atoms with van der Waals surface area (Å²) in [5, 5.41) is 10.2. The van der Waals surface area contributed by atoms with Gasteiger partial charge in [0.1, 0.15) is 34.8 Å². The Morgan fingerprint density at radius 1 is 1.31 bits per heavy atom. The maximum Gasteiger partial charge on any atom is 0.408 e. The average Bonchev–Trinajstić information content (AvgIpc) is 3.09. The van der Waals surface area contributed by atoms with Crippen LogP contribution in [0.1, 0.15) is 45.7 Å². The molecule has 0 fully saturated rings. The van der Waals surface area contributed by atoms with Gasteiger partial charge in [-0.2, -0.15) is 5.10 Å². The van der Waals surface area contributed by atoms with Crippen molar-refractivity contribution in [2.24, 2.45) is 5.92 Å². The van der Waals surface area contributed by atoms with E-state index in [9.17, 15) is 9.59 Å². The number of aromatic nitrogens is 3. The van der Waals surface area contributed by atoms with Crippen molar-refractivity contribution >= 4 is 41.2 Å². The lowest BCUT2D eigenvalue weighted by atomic mass is 9.49. The summed E-state index contributed by atoms with van der Waals surface area (Å²) in [4.78, 5) is 29.9. The van der Waals surface area contributed by atoms with E-state index in [4.69, 9.17) is 4.74 Å². The zero-order chi connectivity index (χ0) is 23.7. The predicted octanol–water partition coefficient (Wildman–Crippen LogP) is 0.512. The minimum Gasteiger partial charge on any atom is -0.444 e. The van der Waals surface area contributed by atoms with E-state index >= 15 is 0 Å². The highest BCUT2D eigenvalue weighted by molar-refractivity contribution is 6.56. The fraction of sp³-hybridized carbons (Fsp3) is 0.429. The number of rotatable bonds is 2. The molecule has 32 heavy (non-hydrogen) atoms. The number of fused-ring (bicyclic) bond motifs is 4. The molecule has 2 amide bonds. The number of amides is 2. The Morgan fingerprint density at radius 3 is 2.69 bits per heavy atom. The Kier molecular flexibility index (Phi) is 6.58. The van der Waals surface area contributed by atoms with Crippen molar-refractivity contribution < 1.29 is 14.3 Å². The van der Waals surface area contributed by atoms with E-state index in [1.807, 2.05) is 80.2 Å². The number of hydrogen-bond donors (Lipinski definition) is 2. The number of carbonyl (C=O) groups excluding carboxylic acids is 2. The molecule has 166 valence electrons. The lowest BCUT2D eigenvalue weighted by Crippen LogP contribution is -2.37. The van der Waals surface area contributed by atoms with Crippen molar-refractivity contribution in [1.29, 1.82) is 0 Å². The van der Waals surface area contributed by atoms with Gasteiger partial charge in [-0.1, -0.05) is 19.1 Å². The van der Waals surface area contributed by atoms with Crippen molar-refractivity contribution in [2.75, 3.05) is 5.32 Å². The second-order valence-electron chi connectivity index (χ2n) is 10.1. The van der Waals surface area contributed by atoms with Crippen LogP contribution in [0.3, 0.4) is 0 Å². The Bertz CT molecular complexity index is 1040. The van der Waals surface area contributed by atoms with Gasteiger partial charge in [-0.3, -0.25) is 14.5 Å². The molecule has 2 bridgehead atoms. The van der Waals surface area contributed by atoms with Crippen molar-refractivity contribution in [3.05, 3.63) is 42.2 Å². The number of carbonyl (C=O) groups is 2. The first-order chi connectivity index (χ1) is 14.8. The molecule has 0 saturated heterocycles. The van der Waals surface area contributed by atoms with Crippen LogP contribution >= 0.6 is 0 Å². The summed E-state index contributed by atoms with van der Waals surface area (Å²) in [6.07, 6.45) is 7.13. The van der Waals surface area contributed by atoms with Crippen LogP contribution in [0.15, 0.2) is 36.7 Å². The molecule has 0 aliphatic carbocycles. The lowest BCUT2D eigenvalue weighted by molar-refractivity contribution is -0.118. The second-order valence-corrected chi connectivity index (χ2v) is 10.1. The summed E-state index contributed by atoms with van der Waals surface area (Å²) < 4.78 is 7.32. The average molecular weight is 433 g/mol. The van der Waals surface area contributed by atoms with Crippen LogP contribution < -0.4 is 10.6 Å². The maximum absolute atomic E-state index is 12.8. The largest absolute Gasteiger partial charge is 0.444 e. The molecule has 0 aromatic carbocycles. The predicted molar refractivity (Wildman–Crippen MR) is 133 cm³/mol. The van der Waals surface area contributed by atoms with Crippen molar-refractivity contribution in [2.45, 2.75) is 51.0 Å². The van der Waals surface area contributed by atoms with Crippen LogP contribution in [0.25, 0.3) is 11.4 Å². The second kappa shape index (κ2) is 8.88. The Labute approximate surface area is 191 Å². The summed E-state index contributed by atoms with van der Waals surface area (Å²) in [6, 6.07) is 3.47. The Morgan fingerprint density at radius 2 is 2.03 bits per heavy atom. The molecule has 2 aromatic rings. The number of alkyl carbamates (subject to hydrolysis) is 1. The molecule has 11 heteroatoms. The van der Waals surface area contributed by atoms with Gasteiger partial charge in [-0.15, -0.1) is 0 Å². The van der Waals surface area contributed by atoms with Gasteiger partial charge >= 0.3 is 6.09 Å². The van der Waals surface area contributed by atoms with Gasteiger partial charge in [0.2, 0.25) is 5.91 Å². The van der Waals surface area contributed by atoms with Gasteiger partial charge in [0, 0.05) is 6.20 Å². The van der Waals surface area contributed by atoms with Gasteiger partial charge in [0.05, 0.1) is 29.5 Å². The van der Waals surface area contributed by atoms with E-state index in [2.05, 4.69) is 20.7 Å². The topological polar surface area (TPSA) is 98.1 Å². The number of pyridine rings is 1. The van der Waals surface area contributed by atoms with Crippen LogP contribution in [-0.4, -0.2) is 55.9 Å². The van der Waals surface area contributed by atoms with Gasteiger partial charge in [-0.25, -0.2) is 4.79 Å². The lowest BCUT2D eigenvalue weighted by Gasteiger charge is -2.25. The third kappa shape index (κ3) is 5.63. The molecule has 1 aliphatic heterocycles. The summed E-state index contributed by atoms with van der Waals surface area (Å²) in [5.41, 5.74) is 2.28. The van der Waals surface area contributed by atoms with Gasteiger partial charge < -0.3 is 15.4 Å². The summed E-state index contributed by atoms with van der Waals surface area (Å²) in [5.74, 6) is -0.488. The van der Waals surface area contributed by atoms with Gasteiger partial charge in [0.15, 0.2) is 0 Å². The monoisotopic (exact) mass is 433 g/mol. The molecular formula is C21H30B3N5O3. The van der Waals surface area contributed by atoms with E-state index in [0.29, 0.717) is 17.8 Å². The van der Waals surface area contributed by atoms with Gasteiger partial charge in [-0.05, 0) is 50.1 Å². The van der Waals surface area contributed by atoms with Crippen molar-refractivity contribution in [3.63, 3.8) is 0 Å². The smallest absolute Gasteiger partial charge is 0.408 e. The Hall–Kier alpha value is -2.97. The molecule has 0 saturated carbocycles. The third-order valence-electron chi connectivity index (χ3n) is 4.99. The molecule has 0 spiro atoms. The van der Waals surface area contributed by atoms with E-state index in [1.165, 1.54) is 0 Å². The number of nitrogens with one attached hydrogen (secondary N) is 2. The number of ether oxygens (including phenoxy) is 1. The highest BCUT2D eigenvalue weighted by Crippen LogP contribution is 2.32. The normalized spacial score (nSPS) is 20.2. The number of anilines is 1. The molecule has 2 atom stereocenters. The summed E-state index contributed by atoms with van der Waals surface area (Å²) in [6.45, 7) is 7.31. The summed E-state index contributed by atoms with van der Waals surface area (Å²) >= 11 is 0. The first-order valence-electron chi connectivity index (χ1n) is 10.9. The SMILES string of the molecule is BC(B)(B)n1ncc2c1-c1cc(ccn1)[C@@H](NC(=O)OC(C)(C)C)C/C=C/[C@@H](C)C(=O)N2. The fourth-order valence-corrected chi connectivity index (χ4v) is 3.47. The zero-order valence-electron chi connectivity index (χ0n) is 19.9. The van der Waals surface area contributed by atoms with E-state index in [-0.39, 0.29) is 23.1 Å². The van der Waals surface area contributed by atoms with Crippen molar-refractivity contribution in [3.8, 4) is 11.4 Å². The molecule has 3 heterocycles. The number of nitrogens with zero attached hydrogens (tertiary/aromatic N) is 3. The Balaban J connectivity index is 2.10. The van der Waals surface area contributed by atoms with Crippen molar-refractivity contribution in [1.82, 2.24) is 20.1 Å². The molecule has 0 radical (unpaired) electrons. The molecule has 1 aliphatic rings. The van der Waals surface area contributed by atoms with E-state index < -0.39 is 11.7 Å². The molecule has 2 N–H and O–H groups in total. The third-order valence-corrected chi connectivity index (χ3v) is 4.99. The first-order valence-corrected chi connectivity index (χ1v) is 10.9. The molecule has 3 rings (SSSR count). The highest BCUT2D eigenvalue weighted by atomic mass is 16.6. The standard InChI is InChI=1S/C21H30B3N5O3/c1-12-6-5-7-14(28-19(31)32-20(2,3)4)13-8-9-25-15(10-13)17-16(27-18(12)30)11-26-29(17)21(22,23)24/h5-6,8-12,14H,7,22-24H2,1-4H3,(H,27,30)(H,28,31)/b6-5+/t12-,14+/m1/s1. The van der Waals surface area contributed by atoms with Crippen LogP contribution in [0.5, 0.6) is 0 Å². The van der Waals surface area contributed by atoms with Crippen LogP contribution in [-0.2, 0) is 14.8 Å². The minimum atomic E-state index is -0.602. The van der Waals surface area contributed by atoms with E-state index in [1.54, 1.807) is 12.4 Å². The molecule has 0 unspecified atom stereocenters. The van der Waals surface area contributed by atoms with E-state index in [0.717, 1.165) is 11.3 Å². The molecule has 8 nitrogen and oxygen atoms in total. The summed E-state index contributed by atoms with van der Waals surface area (Å²) in [7, 11) is 6.13. The first kappa shape index (κ1) is 23.7. The molecule has 2 aromatic heterocycles. The maximum atomic E-state index is 12.8. The number of hydrogen-bond acceptors (Lipinski definition) is 5. The highest BCUT2D eigenvalue weighted by Gasteiger charge is 2.26. The zero-order valence-corrected chi connectivity index (χ0v) is 19.9. The fourth-order valence-electron chi connectivity index (χ4n) is 3.47. The quantitative estimate of drug-likeness (QED) is 0.532.